The van der Waals surface area contributed by atoms with Crippen LogP contribution in [0.5, 0.6) is 5.75 Å². The number of aromatic nitrogens is 2. The van der Waals surface area contributed by atoms with Gasteiger partial charge >= 0.3 is 5.97 Å². The van der Waals surface area contributed by atoms with Crippen LogP contribution < -0.4 is 10.1 Å². The third-order valence-corrected chi connectivity index (χ3v) is 5.15. The fraction of sp³-hybridized carbons (Fsp3) is 0.182. The number of nitrogens with zero attached hydrogens (tertiary/aromatic N) is 2. The van der Waals surface area contributed by atoms with Gasteiger partial charge in [-0.1, -0.05) is 0 Å². The third-order valence-electron chi connectivity index (χ3n) is 5.15. The third kappa shape index (κ3) is 3.32. The maximum absolute atomic E-state index is 13.2. The van der Waals surface area contributed by atoms with Crippen LogP contribution in [-0.4, -0.2) is 39.7 Å². The number of benzene rings is 2. The summed E-state index contributed by atoms with van der Waals surface area (Å²) in [5.74, 6) is -1.07. The number of carboxylic acids is 1. The van der Waals surface area contributed by atoms with E-state index in [1.54, 1.807) is 50.4 Å². The highest BCUT2D eigenvalue weighted by molar-refractivity contribution is 6.08. The fourth-order valence-corrected chi connectivity index (χ4v) is 3.66. The first kappa shape index (κ1) is 19.4. The molecule has 1 aliphatic heterocycles. The number of Topliss-reactive ketones (excluding diaryl/α,β-unsaturated/α-hetero) is 1. The second kappa shape index (κ2) is 7.47. The molecule has 0 radical (unpaired) electrons. The van der Waals surface area contributed by atoms with Crippen LogP contribution in [0, 0.1) is 6.92 Å². The van der Waals surface area contributed by atoms with Gasteiger partial charge in [0.2, 0.25) is 5.91 Å². The maximum atomic E-state index is 13.2. The van der Waals surface area contributed by atoms with Gasteiger partial charge in [-0.15, -0.1) is 0 Å². The molecule has 152 valence electrons. The number of anilines is 1. The van der Waals surface area contributed by atoms with Crippen molar-refractivity contribution in [1.29, 1.82) is 0 Å². The molecule has 1 unspecified atom stereocenters. The molecule has 1 amide bonds. The molecule has 1 aromatic heterocycles. The first-order chi connectivity index (χ1) is 14.4. The lowest BCUT2D eigenvalue weighted by Crippen LogP contribution is -2.28. The minimum Gasteiger partial charge on any atom is -0.497 e. The van der Waals surface area contributed by atoms with Crippen LogP contribution in [0.2, 0.25) is 0 Å². The summed E-state index contributed by atoms with van der Waals surface area (Å²) in [6.07, 6.45) is 0.0301. The smallest absolute Gasteiger partial charge is 0.335 e. The fourth-order valence-electron chi connectivity index (χ4n) is 3.66. The SMILES string of the molecule is COc1ccc(C(=O)C2CC(=O)Nc3c2c(C)nn3-c2ccc(C(=O)O)cc2)cc1. The van der Waals surface area contributed by atoms with E-state index in [9.17, 15) is 14.4 Å². The summed E-state index contributed by atoms with van der Waals surface area (Å²) in [7, 11) is 1.55. The Morgan fingerprint density at radius 2 is 1.73 bits per heavy atom. The number of nitrogens with one attached hydrogen (secondary N) is 1. The Labute approximate surface area is 172 Å². The minimum absolute atomic E-state index is 0.0301. The van der Waals surface area contributed by atoms with Crippen LogP contribution in [0.25, 0.3) is 5.69 Å². The zero-order chi connectivity index (χ0) is 21.4. The summed E-state index contributed by atoms with van der Waals surface area (Å²) < 4.78 is 6.67. The van der Waals surface area contributed by atoms with Crippen LogP contribution in [-0.2, 0) is 4.79 Å². The molecule has 0 spiro atoms. The number of rotatable bonds is 5. The van der Waals surface area contributed by atoms with E-state index >= 15 is 0 Å². The Hall–Kier alpha value is -3.94. The summed E-state index contributed by atoms with van der Waals surface area (Å²) in [5.41, 5.74) is 2.51. The number of aromatic carboxylic acids is 1. The topological polar surface area (TPSA) is 111 Å². The molecule has 2 aromatic carbocycles. The first-order valence-corrected chi connectivity index (χ1v) is 9.30. The number of carbonyl (C=O) groups is 3. The molecule has 30 heavy (non-hydrogen) atoms. The van der Waals surface area contributed by atoms with E-state index in [0.29, 0.717) is 34.1 Å². The lowest BCUT2D eigenvalue weighted by molar-refractivity contribution is -0.116. The molecule has 3 aromatic rings. The molecule has 0 saturated carbocycles. The number of carbonyl (C=O) groups excluding carboxylic acids is 2. The van der Waals surface area contributed by atoms with Crippen molar-refractivity contribution in [3.8, 4) is 11.4 Å². The number of hydrogen-bond donors (Lipinski definition) is 2. The van der Waals surface area contributed by atoms with Gasteiger partial charge in [-0.05, 0) is 55.5 Å². The average molecular weight is 405 g/mol. The van der Waals surface area contributed by atoms with Gasteiger partial charge in [-0.3, -0.25) is 9.59 Å². The van der Waals surface area contributed by atoms with Crippen molar-refractivity contribution in [3.63, 3.8) is 0 Å². The molecule has 0 bridgehead atoms. The highest BCUT2D eigenvalue weighted by atomic mass is 16.5. The normalized spacial score (nSPS) is 15.3. The number of carboxylic acid groups (broad SMARTS) is 1. The van der Waals surface area contributed by atoms with Gasteiger partial charge in [0.1, 0.15) is 11.6 Å². The molecular weight excluding hydrogens is 386 g/mol. The van der Waals surface area contributed by atoms with Crippen molar-refractivity contribution >= 4 is 23.5 Å². The Kier molecular flexibility index (Phi) is 4.83. The van der Waals surface area contributed by atoms with Crippen LogP contribution in [0.4, 0.5) is 5.82 Å². The van der Waals surface area contributed by atoms with Crippen molar-refractivity contribution in [2.75, 3.05) is 12.4 Å². The molecule has 0 saturated heterocycles. The molecule has 8 heteroatoms. The molecule has 0 fully saturated rings. The number of amides is 1. The zero-order valence-corrected chi connectivity index (χ0v) is 16.4. The Bertz CT molecular complexity index is 1150. The summed E-state index contributed by atoms with van der Waals surface area (Å²) in [5, 5.41) is 16.4. The van der Waals surface area contributed by atoms with E-state index in [1.165, 1.54) is 16.8 Å². The highest BCUT2D eigenvalue weighted by Gasteiger charge is 2.36. The number of methoxy groups -OCH3 is 1. The Balaban J connectivity index is 1.75. The number of hydrogen-bond acceptors (Lipinski definition) is 5. The molecular formula is C22H19N3O5. The maximum Gasteiger partial charge on any atom is 0.335 e. The second-order valence-corrected chi connectivity index (χ2v) is 7.01. The number of ether oxygens (including phenoxy) is 1. The van der Waals surface area contributed by atoms with E-state index in [1.807, 2.05) is 0 Å². The van der Waals surface area contributed by atoms with Gasteiger partial charge < -0.3 is 15.2 Å². The molecule has 2 heterocycles. The molecule has 4 rings (SSSR count). The number of ketones is 1. The summed E-state index contributed by atoms with van der Waals surface area (Å²) in [6.45, 7) is 1.78. The molecule has 2 N–H and O–H groups in total. The summed E-state index contributed by atoms with van der Waals surface area (Å²) in [4.78, 5) is 36.7. The van der Waals surface area contributed by atoms with Gasteiger partial charge in [0.05, 0.1) is 30.0 Å². The second-order valence-electron chi connectivity index (χ2n) is 7.01. The van der Waals surface area contributed by atoms with Crippen LogP contribution in [0.15, 0.2) is 48.5 Å². The molecule has 1 aliphatic rings. The van der Waals surface area contributed by atoms with Crippen LogP contribution in [0.3, 0.4) is 0 Å². The van der Waals surface area contributed by atoms with Crippen LogP contribution >= 0.6 is 0 Å². The number of aryl methyl sites for hydroxylation is 1. The number of fused-ring (bicyclic) bond motifs is 1. The van der Waals surface area contributed by atoms with Crippen molar-refractivity contribution < 1.29 is 24.2 Å². The lowest BCUT2D eigenvalue weighted by Gasteiger charge is -2.23. The lowest BCUT2D eigenvalue weighted by atomic mass is 9.85. The van der Waals surface area contributed by atoms with E-state index < -0.39 is 11.9 Å². The summed E-state index contributed by atoms with van der Waals surface area (Å²) in [6, 6.07) is 12.9. The minimum atomic E-state index is -1.03. The van der Waals surface area contributed by atoms with Crippen molar-refractivity contribution in [1.82, 2.24) is 9.78 Å². The Morgan fingerprint density at radius 3 is 2.33 bits per heavy atom. The van der Waals surface area contributed by atoms with Crippen molar-refractivity contribution in [2.45, 2.75) is 19.3 Å². The van der Waals surface area contributed by atoms with Gasteiger partial charge in [0.25, 0.3) is 0 Å². The highest BCUT2D eigenvalue weighted by Crippen LogP contribution is 2.38. The standard InChI is InChI=1S/C22H19N3O5/c1-12-19-17(20(27)13-5-9-16(30-2)10-6-13)11-18(26)23-21(19)25(24-12)15-7-3-14(4-8-15)22(28)29/h3-10,17H,11H2,1-2H3,(H,23,26)(H,28,29). The zero-order valence-electron chi connectivity index (χ0n) is 16.4. The van der Waals surface area contributed by atoms with Gasteiger partial charge in [0.15, 0.2) is 5.78 Å². The van der Waals surface area contributed by atoms with Crippen molar-refractivity contribution in [2.24, 2.45) is 0 Å². The van der Waals surface area contributed by atoms with E-state index in [0.717, 1.165) is 0 Å². The molecule has 8 nitrogen and oxygen atoms in total. The predicted molar refractivity (Wildman–Crippen MR) is 109 cm³/mol. The quantitative estimate of drug-likeness (QED) is 0.631. The monoisotopic (exact) mass is 405 g/mol. The largest absolute Gasteiger partial charge is 0.497 e. The van der Waals surface area contributed by atoms with Crippen molar-refractivity contribution in [3.05, 3.63) is 70.9 Å². The van der Waals surface area contributed by atoms with Crippen LogP contribution in [0.1, 0.15) is 44.3 Å². The van der Waals surface area contributed by atoms with Gasteiger partial charge in [-0.25, -0.2) is 9.48 Å². The Morgan fingerprint density at radius 1 is 1.10 bits per heavy atom. The average Bonchev–Trinajstić information content (AvgIpc) is 3.09. The molecule has 0 aliphatic carbocycles. The molecule has 1 atom stereocenters. The van der Waals surface area contributed by atoms with Gasteiger partial charge in [-0.2, -0.15) is 5.10 Å². The summed E-state index contributed by atoms with van der Waals surface area (Å²) >= 11 is 0. The first-order valence-electron chi connectivity index (χ1n) is 9.30. The van der Waals surface area contributed by atoms with E-state index in [-0.39, 0.29) is 23.7 Å². The van der Waals surface area contributed by atoms with E-state index in [2.05, 4.69) is 10.4 Å². The van der Waals surface area contributed by atoms with E-state index in [4.69, 9.17) is 9.84 Å². The predicted octanol–water partition coefficient (Wildman–Crippen LogP) is 3.20. The van der Waals surface area contributed by atoms with Gasteiger partial charge in [0, 0.05) is 17.5 Å².